The number of hydrogen-bond donors (Lipinski definition) is 2. The Morgan fingerprint density at radius 3 is 2.92 bits per heavy atom. The van der Waals surface area contributed by atoms with E-state index in [0.29, 0.717) is 37.6 Å². The van der Waals surface area contributed by atoms with Gasteiger partial charge in [0.05, 0.1) is 31.1 Å². The van der Waals surface area contributed by atoms with Crippen molar-refractivity contribution in [3.63, 3.8) is 0 Å². The maximum absolute atomic E-state index is 13.1. The number of carbonyl (C=O) groups is 1. The first-order valence-electron chi connectivity index (χ1n) is 8.29. The molecule has 3 heterocycles. The molecule has 130 valence electrons. The number of aromatic nitrogens is 2. The predicted molar refractivity (Wildman–Crippen MR) is 91.6 cm³/mol. The Bertz CT molecular complexity index is 798. The Morgan fingerprint density at radius 1 is 1.40 bits per heavy atom. The molecule has 2 saturated heterocycles. The molecule has 7 nitrogen and oxygen atoms in total. The summed E-state index contributed by atoms with van der Waals surface area (Å²) < 4.78 is 5.51. The average molecular weight is 340 g/mol. The van der Waals surface area contributed by atoms with Crippen LogP contribution in [0.4, 0.5) is 5.95 Å². The van der Waals surface area contributed by atoms with E-state index in [1.54, 1.807) is 4.90 Å². The van der Waals surface area contributed by atoms with Crippen LogP contribution in [-0.4, -0.2) is 58.8 Å². The molecule has 0 spiro atoms. The zero-order chi connectivity index (χ0) is 17.4. The van der Waals surface area contributed by atoms with E-state index in [4.69, 9.17) is 10.5 Å². The maximum Gasteiger partial charge on any atom is 0.257 e. The number of fused-ring (bicyclic) bond motifs is 1. The van der Waals surface area contributed by atoms with Crippen LogP contribution in [0.5, 0.6) is 0 Å². The highest BCUT2D eigenvalue weighted by atomic mass is 16.5. The summed E-state index contributed by atoms with van der Waals surface area (Å²) in [6.07, 6.45) is 1.49. The molecule has 1 aromatic heterocycles. The summed E-state index contributed by atoms with van der Waals surface area (Å²) in [4.78, 5) is 23.2. The van der Waals surface area contributed by atoms with Crippen molar-refractivity contribution in [2.75, 3.05) is 38.6 Å². The number of ether oxygens (including phenoxy) is 1. The topological polar surface area (TPSA) is 102 Å². The molecule has 3 N–H and O–H groups in total. The van der Waals surface area contributed by atoms with Crippen molar-refractivity contribution in [2.24, 2.45) is 11.3 Å². The molecule has 2 aliphatic heterocycles. The second kappa shape index (κ2) is 6.09. The Labute approximate surface area is 145 Å². The van der Waals surface area contributed by atoms with Crippen molar-refractivity contribution in [1.82, 2.24) is 14.9 Å². The zero-order valence-electron chi connectivity index (χ0n) is 13.8. The van der Waals surface area contributed by atoms with Gasteiger partial charge in [-0.15, -0.1) is 0 Å². The fraction of sp³-hybridized carbons (Fsp3) is 0.389. The lowest BCUT2D eigenvalue weighted by atomic mass is 9.82. The average Bonchev–Trinajstić information content (AvgIpc) is 3.19. The SMILES string of the molecule is Nc1ncc(C(=O)N2C[C@H]3COC[C@@]3(CO)C2)c(-c2ccccc2)n1. The number of benzene rings is 1. The fourth-order valence-corrected chi connectivity index (χ4v) is 3.75. The highest BCUT2D eigenvalue weighted by molar-refractivity contribution is 6.00. The van der Waals surface area contributed by atoms with Gasteiger partial charge in [0.15, 0.2) is 0 Å². The summed E-state index contributed by atoms with van der Waals surface area (Å²) in [6, 6.07) is 9.46. The van der Waals surface area contributed by atoms with Crippen LogP contribution >= 0.6 is 0 Å². The number of nitrogens with zero attached hydrogens (tertiary/aromatic N) is 3. The predicted octanol–water partition coefficient (Wildman–Crippen LogP) is 0.807. The number of aliphatic hydroxyl groups excluding tert-OH is 1. The molecule has 1 amide bonds. The first-order valence-corrected chi connectivity index (χ1v) is 8.29. The van der Waals surface area contributed by atoms with E-state index in [-0.39, 0.29) is 29.8 Å². The van der Waals surface area contributed by atoms with Crippen molar-refractivity contribution in [2.45, 2.75) is 0 Å². The van der Waals surface area contributed by atoms with Crippen molar-refractivity contribution in [3.8, 4) is 11.3 Å². The largest absolute Gasteiger partial charge is 0.396 e. The van der Waals surface area contributed by atoms with Gasteiger partial charge in [-0.3, -0.25) is 4.79 Å². The number of hydrogen-bond acceptors (Lipinski definition) is 6. The van der Waals surface area contributed by atoms with E-state index in [0.717, 1.165) is 5.56 Å². The molecule has 2 atom stereocenters. The molecular weight excluding hydrogens is 320 g/mol. The van der Waals surface area contributed by atoms with Gasteiger partial charge in [-0.25, -0.2) is 9.97 Å². The lowest BCUT2D eigenvalue weighted by Crippen LogP contribution is -2.36. The van der Waals surface area contributed by atoms with Crippen LogP contribution in [0.1, 0.15) is 10.4 Å². The van der Waals surface area contributed by atoms with Crippen LogP contribution in [0, 0.1) is 11.3 Å². The Morgan fingerprint density at radius 2 is 2.20 bits per heavy atom. The highest BCUT2D eigenvalue weighted by Crippen LogP contribution is 2.41. The smallest absolute Gasteiger partial charge is 0.257 e. The van der Waals surface area contributed by atoms with Gasteiger partial charge in [0.2, 0.25) is 5.95 Å². The number of anilines is 1. The standard InChI is InChI=1S/C18H20N4O3/c19-17-20-6-14(15(21-17)12-4-2-1-3-5-12)16(24)22-7-13-8-25-11-18(13,9-22)10-23/h1-6,13,23H,7-11H2,(H2,19,20,21)/t13-,18-/m0/s1. The van der Waals surface area contributed by atoms with E-state index in [1.807, 2.05) is 30.3 Å². The summed E-state index contributed by atoms with van der Waals surface area (Å²) in [7, 11) is 0. The molecule has 2 fully saturated rings. The first kappa shape index (κ1) is 16.0. The number of likely N-dealkylation sites (tertiary alicyclic amines) is 1. The molecular formula is C18H20N4O3. The van der Waals surface area contributed by atoms with Gasteiger partial charge >= 0.3 is 0 Å². The van der Waals surface area contributed by atoms with Crippen molar-refractivity contribution < 1.29 is 14.6 Å². The second-order valence-electron chi connectivity index (χ2n) is 6.77. The summed E-state index contributed by atoms with van der Waals surface area (Å²) in [5, 5.41) is 9.81. The minimum absolute atomic E-state index is 0.0191. The van der Waals surface area contributed by atoms with Crippen LogP contribution in [0.25, 0.3) is 11.3 Å². The minimum Gasteiger partial charge on any atom is -0.396 e. The first-order chi connectivity index (χ1) is 12.1. The quantitative estimate of drug-likeness (QED) is 0.857. The molecule has 1 aromatic carbocycles. The molecule has 0 aliphatic carbocycles. The summed E-state index contributed by atoms with van der Waals surface area (Å²) >= 11 is 0. The Kier molecular flexibility index (Phi) is 3.89. The number of amides is 1. The normalized spacial score (nSPS) is 25.2. The van der Waals surface area contributed by atoms with Crippen molar-refractivity contribution >= 4 is 11.9 Å². The third-order valence-electron chi connectivity index (χ3n) is 5.21. The molecule has 2 aliphatic rings. The van der Waals surface area contributed by atoms with Gasteiger partial charge in [-0.1, -0.05) is 30.3 Å². The van der Waals surface area contributed by atoms with Crippen molar-refractivity contribution in [3.05, 3.63) is 42.1 Å². The molecule has 0 bridgehead atoms. The molecule has 0 radical (unpaired) electrons. The van der Waals surface area contributed by atoms with Crippen LogP contribution in [0.3, 0.4) is 0 Å². The number of rotatable bonds is 3. The van der Waals surface area contributed by atoms with E-state index >= 15 is 0 Å². The highest BCUT2D eigenvalue weighted by Gasteiger charge is 2.51. The van der Waals surface area contributed by atoms with Crippen LogP contribution < -0.4 is 5.73 Å². The minimum atomic E-state index is -0.350. The molecule has 2 aromatic rings. The van der Waals surface area contributed by atoms with Gasteiger partial charge in [-0.2, -0.15) is 0 Å². The molecule has 25 heavy (non-hydrogen) atoms. The Hall–Kier alpha value is -2.51. The fourth-order valence-electron chi connectivity index (χ4n) is 3.75. The third kappa shape index (κ3) is 2.65. The van der Waals surface area contributed by atoms with Crippen molar-refractivity contribution in [1.29, 1.82) is 0 Å². The lowest BCUT2D eigenvalue weighted by molar-refractivity contribution is 0.0631. The number of nitrogen functional groups attached to an aromatic ring is 1. The van der Waals surface area contributed by atoms with E-state index in [9.17, 15) is 9.90 Å². The number of nitrogens with two attached hydrogens (primary N) is 1. The van der Waals surface area contributed by atoms with Crippen LogP contribution in [-0.2, 0) is 4.74 Å². The molecule has 7 heteroatoms. The second-order valence-corrected chi connectivity index (χ2v) is 6.77. The van der Waals surface area contributed by atoms with Gasteiger partial charge in [0.1, 0.15) is 0 Å². The Balaban J connectivity index is 1.68. The van der Waals surface area contributed by atoms with Crippen LogP contribution in [0.2, 0.25) is 0 Å². The van der Waals surface area contributed by atoms with Gasteiger partial charge in [-0.05, 0) is 0 Å². The molecule has 4 rings (SSSR count). The number of aliphatic hydroxyl groups is 1. The monoisotopic (exact) mass is 340 g/mol. The van der Waals surface area contributed by atoms with Crippen LogP contribution in [0.15, 0.2) is 36.5 Å². The lowest BCUT2D eigenvalue weighted by Gasteiger charge is -2.24. The van der Waals surface area contributed by atoms with E-state index in [1.165, 1.54) is 6.20 Å². The van der Waals surface area contributed by atoms with E-state index < -0.39 is 0 Å². The van der Waals surface area contributed by atoms with E-state index in [2.05, 4.69) is 9.97 Å². The summed E-state index contributed by atoms with van der Waals surface area (Å²) in [5.41, 5.74) is 7.17. The van der Waals surface area contributed by atoms with Gasteiger partial charge in [0, 0.05) is 36.2 Å². The summed E-state index contributed by atoms with van der Waals surface area (Å²) in [5.74, 6) is 0.159. The summed E-state index contributed by atoms with van der Waals surface area (Å²) in [6.45, 7) is 2.13. The number of carbonyl (C=O) groups excluding carboxylic acids is 1. The maximum atomic E-state index is 13.1. The van der Waals surface area contributed by atoms with Gasteiger partial charge < -0.3 is 20.5 Å². The third-order valence-corrected chi connectivity index (χ3v) is 5.21. The molecule has 0 unspecified atom stereocenters. The zero-order valence-corrected chi connectivity index (χ0v) is 13.8. The molecule has 0 saturated carbocycles. The van der Waals surface area contributed by atoms with Gasteiger partial charge in [0.25, 0.3) is 5.91 Å².